The lowest BCUT2D eigenvalue weighted by atomic mass is 10.2. The molecule has 9 heteroatoms. The molecule has 29 heavy (non-hydrogen) atoms. The van der Waals surface area contributed by atoms with E-state index in [4.69, 9.17) is 4.74 Å². The number of piperazine rings is 1. The third-order valence-electron chi connectivity index (χ3n) is 4.65. The van der Waals surface area contributed by atoms with Gasteiger partial charge in [-0.1, -0.05) is 0 Å². The summed E-state index contributed by atoms with van der Waals surface area (Å²) >= 11 is 0. The lowest BCUT2D eigenvalue weighted by molar-refractivity contribution is -0.149. The molecule has 0 radical (unpaired) electrons. The van der Waals surface area contributed by atoms with Crippen molar-refractivity contribution in [3.8, 4) is 0 Å². The van der Waals surface area contributed by atoms with Crippen LogP contribution in [-0.2, 0) is 23.9 Å². The number of carbonyl (C=O) groups excluding carboxylic acids is 4. The molecule has 1 aromatic carbocycles. The van der Waals surface area contributed by atoms with Crippen molar-refractivity contribution in [1.29, 1.82) is 0 Å². The molecular formula is C20H28N4O5. The van der Waals surface area contributed by atoms with Crippen LogP contribution in [0.1, 0.15) is 19.8 Å². The first kappa shape index (κ1) is 22.2. The predicted octanol–water partition coefficient (Wildman–Crippen LogP) is 0.705. The second-order valence-corrected chi connectivity index (χ2v) is 7.04. The fourth-order valence-electron chi connectivity index (χ4n) is 2.90. The average molecular weight is 404 g/mol. The van der Waals surface area contributed by atoms with Gasteiger partial charge in [-0.3, -0.25) is 19.2 Å². The standard InChI is InChI=1S/C20H28N4O5/c1-15(25)23-10-12-24(13-11-23)19(27)8-9-20(28)29-14-18(26)21-16-4-6-17(7-5-16)22(2)3/h4-7H,8-14H2,1-3H3,(H,21,26). The highest BCUT2D eigenvalue weighted by molar-refractivity contribution is 5.93. The van der Waals surface area contributed by atoms with Crippen LogP contribution in [-0.4, -0.2) is 80.4 Å². The highest BCUT2D eigenvalue weighted by Crippen LogP contribution is 2.15. The van der Waals surface area contributed by atoms with Crippen molar-refractivity contribution in [2.75, 3.05) is 57.1 Å². The lowest BCUT2D eigenvalue weighted by Gasteiger charge is -2.34. The minimum absolute atomic E-state index is 0.00686. The third-order valence-corrected chi connectivity index (χ3v) is 4.65. The van der Waals surface area contributed by atoms with Gasteiger partial charge in [0.1, 0.15) is 0 Å². The van der Waals surface area contributed by atoms with Gasteiger partial charge in [0.05, 0.1) is 6.42 Å². The van der Waals surface area contributed by atoms with E-state index in [0.717, 1.165) is 5.69 Å². The Morgan fingerprint density at radius 1 is 0.966 bits per heavy atom. The molecule has 0 spiro atoms. The van der Waals surface area contributed by atoms with Crippen molar-refractivity contribution in [3.63, 3.8) is 0 Å². The summed E-state index contributed by atoms with van der Waals surface area (Å²) in [7, 11) is 3.84. The number of nitrogens with one attached hydrogen (secondary N) is 1. The first-order chi connectivity index (χ1) is 13.8. The molecule has 1 aliphatic rings. The highest BCUT2D eigenvalue weighted by atomic mass is 16.5. The Bertz CT molecular complexity index is 740. The number of nitrogens with zero attached hydrogens (tertiary/aromatic N) is 3. The van der Waals surface area contributed by atoms with Gasteiger partial charge in [0.25, 0.3) is 5.91 Å². The van der Waals surface area contributed by atoms with Crippen LogP contribution in [0.15, 0.2) is 24.3 Å². The molecule has 0 aliphatic carbocycles. The van der Waals surface area contributed by atoms with Gasteiger partial charge in [0.2, 0.25) is 11.8 Å². The third kappa shape index (κ3) is 7.10. The van der Waals surface area contributed by atoms with E-state index in [9.17, 15) is 19.2 Å². The number of rotatable bonds is 7. The van der Waals surface area contributed by atoms with Gasteiger partial charge in [-0.25, -0.2) is 0 Å². The number of hydrogen-bond acceptors (Lipinski definition) is 6. The summed E-state index contributed by atoms with van der Waals surface area (Å²) in [5, 5.41) is 2.65. The van der Waals surface area contributed by atoms with Gasteiger partial charge in [-0.15, -0.1) is 0 Å². The lowest BCUT2D eigenvalue weighted by Crippen LogP contribution is -2.50. The molecule has 0 aromatic heterocycles. The maximum atomic E-state index is 12.2. The summed E-state index contributed by atoms with van der Waals surface area (Å²) in [6.45, 7) is 3.02. The molecule has 0 bridgehead atoms. The van der Waals surface area contributed by atoms with E-state index in [2.05, 4.69) is 5.32 Å². The van der Waals surface area contributed by atoms with Crippen LogP contribution in [0.2, 0.25) is 0 Å². The fraction of sp³-hybridized carbons (Fsp3) is 0.500. The minimum atomic E-state index is -0.598. The van der Waals surface area contributed by atoms with E-state index in [1.54, 1.807) is 21.9 Å². The van der Waals surface area contributed by atoms with Crippen LogP contribution in [0.25, 0.3) is 0 Å². The Balaban J connectivity index is 1.65. The van der Waals surface area contributed by atoms with Gasteiger partial charge >= 0.3 is 5.97 Å². The number of anilines is 2. The quantitative estimate of drug-likeness (QED) is 0.672. The van der Waals surface area contributed by atoms with Gasteiger partial charge in [-0.05, 0) is 24.3 Å². The summed E-state index contributed by atoms with van der Waals surface area (Å²) in [5.74, 6) is -1.20. The van der Waals surface area contributed by atoms with Crippen molar-refractivity contribution in [2.45, 2.75) is 19.8 Å². The molecule has 1 N–H and O–H groups in total. The fourth-order valence-corrected chi connectivity index (χ4v) is 2.90. The minimum Gasteiger partial charge on any atom is -0.456 e. The molecule has 3 amide bonds. The Morgan fingerprint density at radius 2 is 1.55 bits per heavy atom. The molecule has 158 valence electrons. The molecule has 1 saturated heterocycles. The number of esters is 1. The van der Waals surface area contributed by atoms with Gasteiger partial charge in [0, 0.05) is 65.0 Å². The van der Waals surface area contributed by atoms with Crippen molar-refractivity contribution < 1.29 is 23.9 Å². The van der Waals surface area contributed by atoms with E-state index < -0.39 is 18.5 Å². The van der Waals surface area contributed by atoms with E-state index in [1.165, 1.54) is 6.92 Å². The zero-order valence-corrected chi connectivity index (χ0v) is 17.1. The maximum Gasteiger partial charge on any atom is 0.306 e. The molecular weight excluding hydrogens is 376 g/mol. The van der Waals surface area contributed by atoms with Crippen LogP contribution in [0, 0.1) is 0 Å². The number of hydrogen-bond donors (Lipinski definition) is 1. The van der Waals surface area contributed by atoms with E-state index in [0.29, 0.717) is 31.9 Å². The zero-order valence-electron chi connectivity index (χ0n) is 17.1. The summed E-state index contributed by atoms with van der Waals surface area (Å²) in [4.78, 5) is 52.4. The molecule has 1 aliphatic heterocycles. The van der Waals surface area contributed by atoms with E-state index >= 15 is 0 Å². The normalized spacial score (nSPS) is 13.6. The zero-order chi connectivity index (χ0) is 21.4. The SMILES string of the molecule is CC(=O)N1CCN(C(=O)CCC(=O)OCC(=O)Nc2ccc(N(C)C)cc2)CC1. The number of amides is 3. The molecule has 2 rings (SSSR count). The van der Waals surface area contributed by atoms with Crippen LogP contribution in [0.4, 0.5) is 11.4 Å². The number of carbonyl (C=O) groups is 4. The molecule has 1 aromatic rings. The predicted molar refractivity (Wildman–Crippen MR) is 108 cm³/mol. The largest absolute Gasteiger partial charge is 0.456 e. The summed E-state index contributed by atoms with van der Waals surface area (Å²) < 4.78 is 4.94. The van der Waals surface area contributed by atoms with Crippen molar-refractivity contribution in [3.05, 3.63) is 24.3 Å². The summed E-state index contributed by atoms with van der Waals surface area (Å²) in [6.07, 6.45) is -0.0664. The average Bonchev–Trinajstić information content (AvgIpc) is 2.71. The van der Waals surface area contributed by atoms with Gasteiger partial charge < -0.3 is 24.8 Å². The van der Waals surface area contributed by atoms with Crippen LogP contribution < -0.4 is 10.2 Å². The van der Waals surface area contributed by atoms with Crippen LogP contribution in [0.3, 0.4) is 0 Å². The molecule has 0 saturated carbocycles. The Labute approximate surface area is 170 Å². The Hall–Kier alpha value is -3.10. The monoisotopic (exact) mass is 404 g/mol. The van der Waals surface area contributed by atoms with Crippen molar-refractivity contribution >= 4 is 35.1 Å². The molecule has 1 heterocycles. The van der Waals surface area contributed by atoms with Crippen LogP contribution in [0.5, 0.6) is 0 Å². The number of ether oxygens (including phenoxy) is 1. The Kier molecular flexibility index (Phi) is 7.99. The van der Waals surface area contributed by atoms with E-state index in [-0.39, 0.29) is 24.7 Å². The number of benzene rings is 1. The molecule has 0 atom stereocenters. The first-order valence-corrected chi connectivity index (χ1v) is 9.52. The second kappa shape index (κ2) is 10.4. The summed E-state index contributed by atoms with van der Waals surface area (Å²) in [6, 6.07) is 7.26. The molecule has 0 unspecified atom stereocenters. The van der Waals surface area contributed by atoms with Gasteiger partial charge in [-0.2, -0.15) is 0 Å². The Morgan fingerprint density at radius 3 is 2.10 bits per heavy atom. The van der Waals surface area contributed by atoms with Crippen molar-refractivity contribution in [2.24, 2.45) is 0 Å². The maximum absolute atomic E-state index is 12.2. The molecule has 1 fully saturated rings. The second-order valence-electron chi connectivity index (χ2n) is 7.04. The van der Waals surface area contributed by atoms with E-state index in [1.807, 2.05) is 31.1 Å². The molecule has 9 nitrogen and oxygen atoms in total. The summed E-state index contributed by atoms with van der Waals surface area (Å²) in [5.41, 5.74) is 1.61. The highest BCUT2D eigenvalue weighted by Gasteiger charge is 2.22. The van der Waals surface area contributed by atoms with Gasteiger partial charge in [0.15, 0.2) is 6.61 Å². The van der Waals surface area contributed by atoms with Crippen LogP contribution >= 0.6 is 0 Å². The first-order valence-electron chi connectivity index (χ1n) is 9.52. The van der Waals surface area contributed by atoms with Crippen molar-refractivity contribution in [1.82, 2.24) is 9.80 Å². The topological polar surface area (TPSA) is 99.3 Å². The smallest absolute Gasteiger partial charge is 0.306 e.